The molecule has 0 saturated heterocycles. The summed E-state index contributed by atoms with van der Waals surface area (Å²) >= 11 is 0. The molecule has 0 spiro atoms. The van der Waals surface area contributed by atoms with Gasteiger partial charge in [-0.25, -0.2) is 18.1 Å². The fourth-order valence-corrected chi connectivity index (χ4v) is 4.26. The van der Waals surface area contributed by atoms with Crippen LogP contribution in [0.1, 0.15) is 51.0 Å². The molecule has 0 bridgehead atoms. The van der Waals surface area contributed by atoms with E-state index < -0.39 is 10.0 Å². The largest absolute Gasteiger partial charge is 0.324 e. The highest BCUT2D eigenvalue weighted by molar-refractivity contribution is 7.90. The average molecular weight is 321 g/mol. The minimum absolute atomic E-state index is 0.212. The topological polar surface area (TPSA) is 70.6 Å². The van der Waals surface area contributed by atoms with Crippen LogP contribution in [0, 0.1) is 0 Å². The Balaban J connectivity index is 1.88. The van der Waals surface area contributed by atoms with Crippen molar-refractivity contribution in [1.29, 1.82) is 0 Å². The van der Waals surface area contributed by atoms with Crippen LogP contribution in [0.3, 0.4) is 0 Å². The van der Waals surface area contributed by atoms with Crippen LogP contribution in [0.25, 0.3) is 0 Å². The molecule has 0 amide bonds. The van der Waals surface area contributed by atoms with Gasteiger partial charge in [-0.15, -0.1) is 0 Å². The number of nitrogens with one attached hydrogen (secondary N) is 2. The molecular weight excluding hydrogens is 298 g/mol. The summed E-state index contributed by atoms with van der Waals surface area (Å²) in [5.41, 5.74) is 1.62. The molecule has 0 aromatic heterocycles. The van der Waals surface area contributed by atoms with Gasteiger partial charge in [0.05, 0.1) is 11.7 Å². The summed E-state index contributed by atoms with van der Waals surface area (Å²) in [6, 6.07) is 5.72. The lowest BCUT2D eigenvalue weighted by Crippen LogP contribution is -2.41. The molecule has 2 aliphatic rings. The van der Waals surface area contributed by atoms with E-state index in [9.17, 15) is 8.42 Å². The molecule has 0 radical (unpaired) electrons. The third kappa shape index (κ3) is 3.27. The summed E-state index contributed by atoms with van der Waals surface area (Å²) in [5, 5.41) is 3.13. The Morgan fingerprint density at radius 2 is 1.91 bits per heavy atom. The Kier molecular flexibility index (Phi) is 4.38. The zero-order valence-electron chi connectivity index (χ0n) is 12.9. The van der Waals surface area contributed by atoms with Gasteiger partial charge in [0.2, 0.25) is 5.96 Å². The van der Waals surface area contributed by atoms with Crippen LogP contribution in [0.15, 0.2) is 28.1 Å². The maximum atomic E-state index is 12.4. The van der Waals surface area contributed by atoms with Crippen LogP contribution < -0.4 is 10.0 Å². The lowest BCUT2D eigenvalue weighted by atomic mass is 10.1. The van der Waals surface area contributed by atoms with Crippen LogP contribution in [0.2, 0.25) is 0 Å². The number of guanidine groups is 1. The van der Waals surface area contributed by atoms with Crippen molar-refractivity contribution in [2.24, 2.45) is 4.99 Å². The van der Waals surface area contributed by atoms with E-state index in [0.29, 0.717) is 16.5 Å². The van der Waals surface area contributed by atoms with Crippen molar-refractivity contribution in [2.45, 2.75) is 62.8 Å². The van der Waals surface area contributed by atoms with Crippen molar-refractivity contribution in [1.82, 2.24) is 4.72 Å². The van der Waals surface area contributed by atoms with Gasteiger partial charge in [0, 0.05) is 0 Å². The van der Waals surface area contributed by atoms with Crippen molar-refractivity contribution >= 4 is 21.7 Å². The second-order valence-electron chi connectivity index (χ2n) is 6.04. The number of anilines is 1. The van der Waals surface area contributed by atoms with E-state index in [1.807, 2.05) is 19.1 Å². The van der Waals surface area contributed by atoms with Crippen LogP contribution in [-0.2, 0) is 16.4 Å². The highest BCUT2D eigenvalue weighted by Gasteiger charge is 2.27. The number of benzene rings is 1. The van der Waals surface area contributed by atoms with E-state index >= 15 is 0 Å². The summed E-state index contributed by atoms with van der Waals surface area (Å²) in [4.78, 5) is 4.92. The van der Waals surface area contributed by atoms with Gasteiger partial charge in [-0.2, -0.15) is 0 Å². The number of rotatable bonds is 2. The third-order valence-corrected chi connectivity index (χ3v) is 5.74. The number of aliphatic imine (C=N–C) groups is 1. The second kappa shape index (κ2) is 6.28. The SMILES string of the molecule is CCc1ccc2c(c1)S(=O)(=O)NC(=NC1CCCCCC1)N2. The molecule has 2 N–H and O–H groups in total. The molecule has 120 valence electrons. The van der Waals surface area contributed by atoms with Gasteiger partial charge >= 0.3 is 0 Å². The molecule has 1 saturated carbocycles. The first-order valence-corrected chi connectivity index (χ1v) is 9.57. The smallest absolute Gasteiger partial charge is 0.266 e. The Bertz CT molecular complexity index is 675. The highest BCUT2D eigenvalue weighted by Crippen LogP contribution is 2.27. The molecular formula is C16H23N3O2S. The van der Waals surface area contributed by atoms with Crippen LogP contribution >= 0.6 is 0 Å². The fourth-order valence-electron chi connectivity index (χ4n) is 3.08. The molecule has 1 fully saturated rings. The van der Waals surface area contributed by atoms with Gasteiger partial charge < -0.3 is 5.32 Å². The van der Waals surface area contributed by atoms with Crippen LogP contribution in [0.4, 0.5) is 5.69 Å². The molecule has 5 nitrogen and oxygen atoms in total. The quantitative estimate of drug-likeness (QED) is 0.823. The summed E-state index contributed by atoms with van der Waals surface area (Å²) < 4.78 is 27.4. The van der Waals surface area contributed by atoms with Crippen molar-refractivity contribution in [3.05, 3.63) is 23.8 Å². The number of nitrogens with zero attached hydrogens (tertiary/aromatic N) is 1. The standard InChI is InChI=1S/C16H23N3O2S/c1-2-12-9-10-14-15(11-12)22(20,21)19-16(18-14)17-13-7-5-3-4-6-8-13/h9-11,13H,2-8H2,1H3,(H2,17,18,19). The first kappa shape index (κ1) is 15.3. The van der Waals surface area contributed by atoms with Gasteiger partial charge in [-0.05, 0) is 37.0 Å². The molecule has 1 aromatic carbocycles. The number of fused-ring (bicyclic) bond motifs is 1. The van der Waals surface area contributed by atoms with Crippen LogP contribution in [0.5, 0.6) is 0 Å². The lowest BCUT2D eigenvalue weighted by molar-refractivity contribution is 0.579. The van der Waals surface area contributed by atoms with Gasteiger partial charge in [-0.3, -0.25) is 0 Å². The third-order valence-electron chi connectivity index (χ3n) is 4.36. The Labute approximate surface area is 132 Å². The Hall–Kier alpha value is -1.56. The Morgan fingerprint density at radius 3 is 2.59 bits per heavy atom. The highest BCUT2D eigenvalue weighted by atomic mass is 32.2. The summed E-state index contributed by atoms with van der Waals surface area (Å²) in [6.45, 7) is 2.01. The number of hydrogen-bond donors (Lipinski definition) is 2. The van der Waals surface area contributed by atoms with Crippen molar-refractivity contribution in [2.75, 3.05) is 5.32 Å². The van der Waals surface area contributed by atoms with E-state index in [2.05, 4.69) is 15.0 Å². The second-order valence-corrected chi connectivity index (χ2v) is 7.69. The average Bonchev–Trinajstić information content (AvgIpc) is 2.75. The molecule has 0 atom stereocenters. The van der Waals surface area contributed by atoms with E-state index in [0.717, 1.165) is 24.8 Å². The van der Waals surface area contributed by atoms with Crippen LogP contribution in [-0.4, -0.2) is 20.4 Å². The molecule has 1 aliphatic heterocycles. The number of sulfonamides is 1. The molecule has 6 heteroatoms. The van der Waals surface area contributed by atoms with Crippen molar-refractivity contribution in [3.63, 3.8) is 0 Å². The van der Waals surface area contributed by atoms with Crippen molar-refractivity contribution in [3.8, 4) is 0 Å². The monoisotopic (exact) mass is 321 g/mol. The molecule has 3 rings (SSSR count). The van der Waals surface area contributed by atoms with E-state index in [-0.39, 0.29) is 6.04 Å². The molecule has 1 aliphatic carbocycles. The lowest BCUT2D eigenvalue weighted by Gasteiger charge is -2.23. The first-order chi connectivity index (χ1) is 10.6. The van der Waals surface area contributed by atoms with E-state index in [1.54, 1.807) is 6.07 Å². The predicted octanol–water partition coefficient (Wildman–Crippen LogP) is 3.03. The first-order valence-electron chi connectivity index (χ1n) is 8.09. The zero-order chi connectivity index (χ0) is 15.6. The normalized spacial score (nSPS) is 23.2. The van der Waals surface area contributed by atoms with Gasteiger partial charge in [0.25, 0.3) is 10.0 Å². The van der Waals surface area contributed by atoms with E-state index in [1.165, 1.54) is 25.7 Å². The van der Waals surface area contributed by atoms with Crippen molar-refractivity contribution < 1.29 is 8.42 Å². The molecule has 0 unspecified atom stereocenters. The minimum atomic E-state index is -3.53. The zero-order valence-corrected chi connectivity index (χ0v) is 13.7. The molecule has 1 heterocycles. The molecule has 1 aromatic rings. The van der Waals surface area contributed by atoms with E-state index in [4.69, 9.17) is 0 Å². The van der Waals surface area contributed by atoms with Gasteiger partial charge in [0.15, 0.2) is 0 Å². The number of aryl methyl sites for hydroxylation is 1. The summed E-state index contributed by atoms with van der Waals surface area (Å²) in [5.74, 6) is 0.364. The predicted molar refractivity (Wildman–Crippen MR) is 88.7 cm³/mol. The minimum Gasteiger partial charge on any atom is -0.324 e. The summed E-state index contributed by atoms with van der Waals surface area (Å²) in [7, 11) is -3.53. The molecule has 22 heavy (non-hydrogen) atoms. The number of hydrogen-bond acceptors (Lipinski definition) is 3. The van der Waals surface area contributed by atoms with Gasteiger partial charge in [0.1, 0.15) is 4.90 Å². The maximum absolute atomic E-state index is 12.4. The maximum Gasteiger partial charge on any atom is 0.266 e. The Morgan fingerprint density at radius 1 is 1.18 bits per heavy atom. The fraction of sp³-hybridized carbons (Fsp3) is 0.562. The van der Waals surface area contributed by atoms with Gasteiger partial charge in [-0.1, -0.05) is 38.7 Å². The summed E-state index contributed by atoms with van der Waals surface area (Å²) in [6.07, 6.45) is 7.73.